The fourth-order valence-corrected chi connectivity index (χ4v) is 2.21. The molecule has 3 nitrogen and oxygen atoms in total. The van der Waals surface area contributed by atoms with Crippen LogP contribution in [0.1, 0.15) is 45.1 Å². The number of nitrogens with zero attached hydrogens (tertiary/aromatic N) is 2. The first-order valence-corrected chi connectivity index (χ1v) is 7.70. The van der Waals surface area contributed by atoms with Gasteiger partial charge in [0.2, 0.25) is 5.95 Å². The van der Waals surface area contributed by atoms with Gasteiger partial charge in [0.1, 0.15) is 0 Å². The summed E-state index contributed by atoms with van der Waals surface area (Å²) in [6.45, 7) is 5.46. The molecule has 0 atom stereocenters. The topological polar surface area (TPSA) is 29.9 Å². The molecule has 20 heavy (non-hydrogen) atoms. The number of hydrogen-bond acceptors (Lipinski definition) is 2. The second kappa shape index (κ2) is 7.73. The highest BCUT2D eigenvalue weighted by atomic mass is 15.2. The van der Waals surface area contributed by atoms with E-state index in [1.807, 2.05) is 12.4 Å². The number of anilines is 2. The van der Waals surface area contributed by atoms with E-state index in [0.717, 1.165) is 18.2 Å². The van der Waals surface area contributed by atoms with Gasteiger partial charge in [-0.15, -0.1) is 0 Å². The lowest BCUT2D eigenvalue weighted by atomic mass is 10.1. The van der Waals surface area contributed by atoms with E-state index >= 15 is 0 Å². The van der Waals surface area contributed by atoms with E-state index in [1.54, 1.807) is 0 Å². The monoisotopic (exact) mass is 271 g/mol. The van der Waals surface area contributed by atoms with Crippen LogP contribution < -0.4 is 5.32 Å². The molecule has 2 rings (SSSR count). The molecule has 0 aliphatic carbocycles. The minimum atomic E-state index is 0.930. The van der Waals surface area contributed by atoms with E-state index in [2.05, 4.69) is 53.0 Å². The molecule has 0 radical (unpaired) electrons. The zero-order chi connectivity index (χ0) is 14.2. The number of hydrogen-bond donors (Lipinski definition) is 1. The van der Waals surface area contributed by atoms with Crippen LogP contribution in [0.5, 0.6) is 0 Å². The van der Waals surface area contributed by atoms with Gasteiger partial charge in [-0.25, -0.2) is 4.98 Å². The highest BCUT2D eigenvalue weighted by Gasteiger charge is 2.02. The van der Waals surface area contributed by atoms with Crippen LogP contribution >= 0.6 is 0 Å². The average molecular weight is 271 g/mol. The highest BCUT2D eigenvalue weighted by molar-refractivity contribution is 5.54. The Morgan fingerprint density at radius 3 is 2.50 bits per heavy atom. The van der Waals surface area contributed by atoms with E-state index in [1.165, 1.54) is 37.7 Å². The molecule has 3 heteroatoms. The lowest BCUT2D eigenvalue weighted by molar-refractivity contribution is 0.638. The fraction of sp³-hybridized carbons (Fsp3) is 0.471. The zero-order valence-corrected chi connectivity index (χ0v) is 12.6. The summed E-state index contributed by atoms with van der Waals surface area (Å²) in [5.74, 6) is 0.930. The van der Waals surface area contributed by atoms with E-state index in [-0.39, 0.29) is 0 Å². The SMILES string of the molecule is CCCCc1ccc(Nc2nccn2CCCC)cc1. The van der Waals surface area contributed by atoms with Gasteiger partial charge in [-0.2, -0.15) is 0 Å². The van der Waals surface area contributed by atoms with Crippen molar-refractivity contribution in [2.45, 2.75) is 52.5 Å². The summed E-state index contributed by atoms with van der Waals surface area (Å²) in [7, 11) is 0. The Kier molecular flexibility index (Phi) is 5.66. The minimum Gasteiger partial charge on any atom is -0.326 e. The van der Waals surface area contributed by atoms with Crippen LogP contribution in [0.25, 0.3) is 0 Å². The molecule has 0 saturated heterocycles. The molecule has 0 unspecified atom stereocenters. The van der Waals surface area contributed by atoms with Gasteiger partial charge in [-0.3, -0.25) is 0 Å². The predicted octanol–water partition coefficient (Wildman–Crippen LogP) is 4.77. The van der Waals surface area contributed by atoms with Crippen molar-refractivity contribution in [3.8, 4) is 0 Å². The zero-order valence-electron chi connectivity index (χ0n) is 12.6. The first-order valence-electron chi connectivity index (χ1n) is 7.70. The van der Waals surface area contributed by atoms with Crippen LogP contribution in [0, 0.1) is 0 Å². The van der Waals surface area contributed by atoms with Gasteiger partial charge in [0.05, 0.1) is 0 Å². The Hall–Kier alpha value is -1.77. The van der Waals surface area contributed by atoms with Crippen molar-refractivity contribution >= 4 is 11.6 Å². The molecule has 0 bridgehead atoms. The molecule has 1 aromatic carbocycles. The van der Waals surface area contributed by atoms with Gasteiger partial charge in [-0.1, -0.05) is 38.8 Å². The smallest absolute Gasteiger partial charge is 0.207 e. The molecule has 0 aliphatic rings. The number of unbranched alkanes of at least 4 members (excludes halogenated alkanes) is 2. The molecule has 2 aromatic rings. The molecular weight excluding hydrogens is 246 g/mol. The molecular formula is C17H25N3. The second-order valence-electron chi connectivity index (χ2n) is 5.22. The largest absolute Gasteiger partial charge is 0.326 e. The Balaban J connectivity index is 1.97. The third kappa shape index (κ3) is 4.12. The molecule has 0 fully saturated rings. The van der Waals surface area contributed by atoms with Crippen molar-refractivity contribution in [2.75, 3.05) is 5.32 Å². The summed E-state index contributed by atoms with van der Waals surface area (Å²) in [6, 6.07) is 8.70. The maximum absolute atomic E-state index is 4.39. The maximum atomic E-state index is 4.39. The van der Waals surface area contributed by atoms with E-state index in [9.17, 15) is 0 Å². The third-order valence-electron chi connectivity index (χ3n) is 3.50. The van der Waals surface area contributed by atoms with Gasteiger partial charge in [0, 0.05) is 24.6 Å². The van der Waals surface area contributed by atoms with Crippen LogP contribution in [0.4, 0.5) is 11.6 Å². The van der Waals surface area contributed by atoms with E-state index < -0.39 is 0 Å². The normalized spacial score (nSPS) is 10.7. The third-order valence-corrected chi connectivity index (χ3v) is 3.50. The first-order chi connectivity index (χ1) is 9.83. The van der Waals surface area contributed by atoms with E-state index in [0.29, 0.717) is 0 Å². The van der Waals surface area contributed by atoms with Gasteiger partial charge in [-0.05, 0) is 37.0 Å². The summed E-state index contributed by atoms with van der Waals surface area (Å²) in [5.41, 5.74) is 2.51. The summed E-state index contributed by atoms with van der Waals surface area (Å²) < 4.78 is 2.18. The Labute approximate surface area is 122 Å². The Morgan fingerprint density at radius 2 is 1.80 bits per heavy atom. The van der Waals surface area contributed by atoms with Crippen LogP contribution in [0.2, 0.25) is 0 Å². The summed E-state index contributed by atoms with van der Waals surface area (Å²) in [4.78, 5) is 4.39. The van der Waals surface area contributed by atoms with Crippen molar-refractivity contribution in [2.24, 2.45) is 0 Å². The van der Waals surface area contributed by atoms with Crippen molar-refractivity contribution in [3.05, 3.63) is 42.2 Å². The fourth-order valence-electron chi connectivity index (χ4n) is 2.21. The standard InChI is InChI=1S/C17H25N3/c1-3-5-7-15-8-10-16(11-9-15)19-17-18-12-14-20(17)13-6-4-2/h8-12,14H,3-7,13H2,1-2H3,(H,18,19). The molecule has 0 aliphatic heterocycles. The van der Waals surface area contributed by atoms with Gasteiger partial charge in [0.25, 0.3) is 0 Å². The van der Waals surface area contributed by atoms with E-state index in [4.69, 9.17) is 0 Å². The first kappa shape index (κ1) is 14.6. The Morgan fingerprint density at radius 1 is 1.05 bits per heavy atom. The average Bonchev–Trinajstić information content (AvgIpc) is 2.91. The summed E-state index contributed by atoms with van der Waals surface area (Å²) >= 11 is 0. The minimum absolute atomic E-state index is 0.930. The number of nitrogens with one attached hydrogen (secondary N) is 1. The van der Waals surface area contributed by atoms with Crippen molar-refractivity contribution in [1.82, 2.24) is 9.55 Å². The summed E-state index contributed by atoms with van der Waals surface area (Å²) in [6.07, 6.45) is 9.94. The Bertz CT molecular complexity index is 499. The number of benzene rings is 1. The number of imidazole rings is 1. The highest BCUT2D eigenvalue weighted by Crippen LogP contribution is 2.17. The van der Waals surface area contributed by atoms with Crippen LogP contribution in [0.15, 0.2) is 36.7 Å². The van der Waals surface area contributed by atoms with Crippen molar-refractivity contribution in [3.63, 3.8) is 0 Å². The molecule has 0 saturated carbocycles. The molecule has 1 heterocycles. The number of aromatic nitrogens is 2. The van der Waals surface area contributed by atoms with Crippen LogP contribution in [0.3, 0.4) is 0 Å². The lowest BCUT2D eigenvalue weighted by Crippen LogP contribution is -2.03. The lowest BCUT2D eigenvalue weighted by Gasteiger charge is -2.10. The van der Waals surface area contributed by atoms with Gasteiger partial charge < -0.3 is 9.88 Å². The van der Waals surface area contributed by atoms with Crippen molar-refractivity contribution in [1.29, 1.82) is 0 Å². The second-order valence-corrected chi connectivity index (χ2v) is 5.22. The number of rotatable bonds is 8. The maximum Gasteiger partial charge on any atom is 0.207 e. The molecule has 0 spiro atoms. The molecule has 108 valence electrons. The number of aryl methyl sites for hydroxylation is 2. The van der Waals surface area contributed by atoms with Gasteiger partial charge in [0.15, 0.2) is 0 Å². The van der Waals surface area contributed by atoms with Crippen LogP contribution in [-0.2, 0) is 13.0 Å². The van der Waals surface area contributed by atoms with Crippen molar-refractivity contribution < 1.29 is 0 Å². The molecule has 1 aromatic heterocycles. The predicted molar refractivity (Wildman–Crippen MR) is 85.5 cm³/mol. The molecule has 0 amide bonds. The molecule has 1 N–H and O–H groups in total. The van der Waals surface area contributed by atoms with Crippen LogP contribution in [-0.4, -0.2) is 9.55 Å². The van der Waals surface area contributed by atoms with Gasteiger partial charge >= 0.3 is 0 Å². The quantitative estimate of drug-likeness (QED) is 0.749. The summed E-state index contributed by atoms with van der Waals surface area (Å²) in [5, 5.41) is 3.40.